The molecule has 0 saturated heterocycles. The first-order chi connectivity index (χ1) is 34.5. The third kappa shape index (κ3) is 28.0. The second kappa shape index (κ2) is 41.5. The Hall–Kier alpha value is -4.13. The Morgan fingerprint density at radius 1 is 0.286 bits per heavy atom. The van der Waals surface area contributed by atoms with Crippen LogP contribution in [0.5, 0.6) is 0 Å². The fraction of sp³-hybridized carbons (Fsp3) is 0.667. The molecule has 7 heteroatoms. The van der Waals surface area contributed by atoms with E-state index in [0.29, 0.717) is 36.3 Å². The highest BCUT2D eigenvalue weighted by Crippen LogP contribution is 2.45. The predicted octanol–water partition coefficient (Wildman–Crippen LogP) is 20.2. The Balaban J connectivity index is 1.67. The van der Waals surface area contributed by atoms with Crippen LogP contribution < -0.4 is 20.9 Å². The summed E-state index contributed by atoms with van der Waals surface area (Å²) in [5.74, 6) is -0.0209. The molecule has 0 saturated carbocycles. The number of hydrogen-bond acceptors (Lipinski definition) is 4. The fourth-order valence-corrected chi connectivity index (χ4v) is 9.73. The lowest BCUT2D eigenvalue weighted by Crippen LogP contribution is -2.21. The number of nitrogens with one attached hydrogen (secondary N) is 3. The molecule has 0 aliphatic rings. The number of hydrogen-bond donors (Lipinski definition) is 3. The van der Waals surface area contributed by atoms with Gasteiger partial charge < -0.3 is 20.9 Å². The SMILES string of the molecule is CCCCCCCCCCCCCCC(=O)Nc1ccccc1N(c1ccccc1NC(=O)CCCCCCCCCCCCCC)c1ccccc1NC(=O)CCCCCCCCCCCCCC. The maximum atomic E-state index is 13.6. The highest BCUT2D eigenvalue weighted by atomic mass is 16.2. The van der Waals surface area contributed by atoms with E-state index in [1.165, 1.54) is 173 Å². The number of benzene rings is 3. The van der Waals surface area contributed by atoms with Crippen molar-refractivity contribution < 1.29 is 14.4 Å². The minimum atomic E-state index is -0.00697. The number of rotatable bonds is 45. The van der Waals surface area contributed by atoms with Gasteiger partial charge in [-0.3, -0.25) is 14.4 Å². The van der Waals surface area contributed by atoms with E-state index in [1.54, 1.807) is 0 Å². The summed E-state index contributed by atoms with van der Waals surface area (Å²) < 4.78 is 0. The molecule has 0 aromatic heterocycles. The van der Waals surface area contributed by atoms with Gasteiger partial charge in [0.05, 0.1) is 34.1 Å². The van der Waals surface area contributed by atoms with Gasteiger partial charge in [0.2, 0.25) is 17.7 Å². The average molecular weight is 964 g/mol. The Morgan fingerprint density at radius 3 is 0.686 bits per heavy atom. The Bertz CT molecular complexity index is 1570. The van der Waals surface area contributed by atoms with Crippen molar-refractivity contribution >= 4 is 51.8 Å². The lowest BCUT2D eigenvalue weighted by molar-refractivity contribution is -0.117. The van der Waals surface area contributed by atoms with Crippen LogP contribution in [0.25, 0.3) is 0 Å². The minimum Gasteiger partial charge on any atom is -0.324 e. The fourth-order valence-electron chi connectivity index (χ4n) is 9.73. The zero-order chi connectivity index (χ0) is 50.0. The van der Waals surface area contributed by atoms with E-state index in [1.807, 2.05) is 72.8 Å². The lowest BCUT2D eigenvalue weighted by atomic mass is 10.0. The minimum absolute atomic E-state index is 0.00697. The van der Waals surface area contributed by atoms with E-state index in [-0.39, 0.29) is 17.7 Å². The Kier molecular flexibility index (Phi) is 35.7. The number of anilines is 6. The molecule has 0 unspecified atom stereocenters. The monoisotopic (exact) mass is 963 g/mol. The van der Waals surface area contributed by atoms with Gasteiger partial charge in [0.1, 0.15) is 0 Å². The summed E-state index contributed by atoms with van der Waals surface area (Å²) in [5.41, 5.74) is 4.33. The highest BCUT2D eigenvalue weighted by Gasteiger charge is 2.23. The molecular formula is C63H102N4O3. The Labute approximate surface area is 429 Å². The maximum absolute atomic E-state index is 13.6. The lowest BCUT2D eigenvalue weighted by Gasteiger charge is -2.31. The number of nitrogens with zero attached hydrogens (tertiary/aromatic N) is 1. The summed E-state index contributed by atoms with van der Waals surface area (Å²) in [6.07, 6.45) is 46.4. The van der Waals surface area contributed by atoms with Gasteiger partial charge >= 0.3 is 0 Å². The molecule has 0 spiro atoms. The van der Waals surface area contributed by atoms with Crippen LogP contribution in [0.1, 0.15) is 271 Å². The van der Waals surface area contributed by atoms with E-state index in [9.17, 15) is 14.4 Å². The first-order valence-electron chi connectivity index (χ1n) is 29.4. The van der Waals surface area contributed by atoms with Crippen LogP contribution in [0.4, 0.5) is 34.1 Å². The van der Waals surface area contributed by atoms with Crippen molar-refractivity contribution in [1.82, 2.24) is 0 Å². The smallest absolute Gasteiger partial charge is 0.224 e. The van der Waals surface area contributed by atoms with Crippen molar-refractivity contribution in [3.8, 4) is 0 Å². The van der Waals surface area contributed by atoms with Gasteiger partial charge in [-0.15, -0.1) is 0 Å². The number of para-hydroxylation sites is 6. The topological polar surface area (TPSA) is 90.5 Å². The normalized spacial score (nSPS) is 11.2. The molecule has 392 valence electrons. The van der Waals surface area contributed by atoms with Gasteiger partial charge in [0.25, 0.3) is 0 Å². The largest absolute Gasteiger partial charge is 0.324 e. The molecule has 3 amide bonds. The summed E-state index contributed by atoms with van der Waals surface area (Å²) in [6.45, 7) is 6.81. The standard InChI is InChI=1S/C63H102N4O3/c1-4-7-10-13-16-19-22-25-28-31-34-37-52-61(68)64-55-46-40-43-49-58(55)67(59-50-44-41-47-56(59)65-62(69)53-38-35-32-29-26-23-20-17-14-11-8-5-2)60-51-45-42-48-57(60)66-63(70)54-39-36-33-30-27-24-21-18-15-12-9-6-3/h40-51H,4-39,52-54H2,1-3H3,(H,64,68)(H,65,69)(H,66,70). The molecule has 3 aromatic carbocycles. The van der Waals surface area contributed by atoms with Crippen LogP contribution in [0.2, 0.25) is 0 Å². The quantitative estimate of drug-likeness (QED) is 0.0492. The number of carbonyl (C=O) groups is 3. The molecule has 0 aliphatic heterocycles. The molecule has 7 nitrogen and oxygen atoms in total. The van der Waals surface area contributed by atoms with Crippen LogP contribution in [-0.2, 0) is 14.4 Å². The second-order valence-corrected chi connectivity index (χ2v) is 20.4. The van der Waals surface area contributed by atoms with Gasteiger partial charge in [0.15, 0.2) is 0 Å². The molecular weight excluding hydrogens is 861 g/mol. The average Bonchev–Trinajstić information content (AvgIpc) is 3.36. The van der Waals surface area contributed by atoms with Crippen molar-refractivity contribution in [3.63, 3.8) is 0 Å². The van der Waals surface area contributed by atoms with E-state index in [4.69, 9.17) is 0 Å². The zero-order valence-corrected chi connectivity index (χ0v) is 45.2. The number of unbranched alkanes of at least 4 members (excludes halogenated alkanes) is 33. The van der Waals surface area contributed by atoms with E-state index in [2.05, 4.69) is 41.6 Å². The van der Waals surface area contributed by atoms with E-state index >= 15 is 0 Å². The van der Waals surface area contributed by atoms with Gasteiger partial charge in [-0.2, -0.15) is 0 Å². The summed E-state index contributed by atoms with van der Waals surface area (Å²) in [5, 5.41) is 9.80. The Morgan fingerprint density at radius 2 is 0.471 bits per heavy atom. The molecule has 3 aromatic rings. The summed E-state index contributed by atoms with van der Waals surface area (Å²) in [7, 11) is 0. The van der Waals surface area contributed by atoms with Crippen LogP contribution in [-0.4, -0.2) is 17.7 Å². The van der Waals surface area contributed by atoms with Crippen molar-refractivity contribution in [3.05, 3.63) is 72.8 Å². The first-order valence-corrected chi connectivity index (χ1v) is 29.4. The third-order valence-corrected chi connectivity index (χ3v) is 14.0. The molecule has 0 radical (unpaired) electrons. The van der Waals surface area contributed by atoms with Crippen molar-refractivity contribution in [2.45, 2.75) is 271 Å². The maximum Gasteiger partial charge on any atom is 0.224 e. The van der Waals surface area contributed by atoms with Crippen molar-refractivity contribution in [2.75, 3.05) is 20.9 Å². The van der Waals surface area contributed by atoms with Crippen LogP contribution >= 0.6 is 0 Å². The first kappa shape index (κ1) is 60.2. The molecule has 3 N–H and O–H groups in total. The van der Waals surface area contributed by atoms with Crippen LogP contribution in [0.3, 0.4) is 0 Å². The summed E-state index contributed by atoms with van der Waals surface area (Å²) in [6, 6.07) is 23.7. The molecule has 0 fully saturated rings. The summed E-state index contributed by atoms with van der Waals surface area (Å²) in [4.78, 5) is 43.0. The third-order valence-electron chi connectivity index (χ3n) is 14.0. The molecule has 70 heavy (non-hydrogen) atoms. The zero-order valence-electron chi connectivity index (χ0n) is 45.2. The van der Waals surface area contributed by atoms with Gasteiger partial charge in [0, 0.05) is 19.3 Å². The molecule has 0 atom stereocenters. The number of amides is 3. The van der Waals surface area contributed by atoms with E-state index < -0.39 is 0 Å². The molecule has 0 bridgehead atoms. The number of carbonyl (C=O) groups excluding carboxylic acids is 3. The van der Waals surface area contributed by atoms with Crippen LogP contribution in [0.15, 0.2) is 72.8 Å². The second-order valence-electron chi connectivity index (χ2n) is 20.4. The van der Waals surface area contributed by atoms with Gasteiger partial charge in [-0.1, -0.05) is 269 Å². The van der Waals surface area contributed by atoms with Gasteiger partial charge in [-0.05, 0) is 55.7 Å². The molecule has 3 rings (SSSR count). The molecule has 0 aliphatic carbocycles. The van der Waals surface area contributed by atoms with Crippen LogP contribution in [0, 0.1) is 0 Å². The van der Waals surface area contributed by atoms with Crippen molar-refractivity contribution in [2.24, 2.45) is 0 Å². The van der Waals surface area contributed by atoms with E-state index in [0.717, 1.165) is 74.8 Å². The van der Waals surface area contributed by atoms with Crippen molar-refractivity contribution in [1.29, 1.82) is 0 Å². The summed E-state index contributed by atoms with van der Waals surface area (Å²) >= 11 is 0. The highest BCUT2D eigenvalue weighted by molar-refractivity contribution is 6.03. The van der Waals surface area contributed by atoms with Gasteiger partial charge in [-0.25, -0.2) is 0 Å². The predicted molar refractivity (Wildman–Crippen MR) is 304 cm³/mol. The molecule has 0 heterocycles.